The van der Waals surface area contributed by atoms with Crippen LogP contribution in [0.15, 0.2) is 18.2 Å². The van der Waals surface area contributed by atoms with Gasteiger partial charge in [-0.25, -0.2) is 0 Å². The first-order valence-electron chi connectivity index (χ1n) is 6.34. The largest absolute Gasteiger partial charge is 0.295 e. The van der Waals surface area contributed by atoms with Crippen molar-refractivity contribution in [1.82, 2.24) is 9.88 Å². The Hall–Kier alpha value is -0.890. The number of pyridine rings is 1. The second kappa shape index (κ2) is 4.96. The molecule has 1 aliphatic heterocycles. The lowest BCUT2D eigenvalue weighted by molar-refractivity contribution is 0.225. The van der Waals surface area contributed by atoms with Gasteiger partial charge >= 0.3 is 0 Å². The van der Waals surface area contributed by atoms with Crippen LogP contribution in [0.25, 0.3) is 0 Å². The van der Waals surface area contributed by atoms with Crippen LogP contribution in [0.3, 0.4) is 0 Å². The van der Waals surface area contributed by atoms with Gasteiger partial charge in [0.2, 0.25) is 0 Å². The molecule has 0 radical (unpaired) electrons. The van der Waals surface area contributed by atoms with Gasteiger partial charge in [0.05, 0.1) is 11.7 Å². The molecule has 0 aromatic carbocycles. The second-order valence-corrected chi connectivity index (χ2v) is 5.25. The lowest BCUT2D eigenvalue weighted by Gasteiger charge is -2.25. The lowest BCUT2D eigenvalue weighted by Crippen LogP contribution is -2.27. The van der Waals surface area contributed by atoms with Gasteiger partial charge in [-0.2, -0.15) is 0 Å². The van der Waals surface area contributed by atoms with E-state index >= 15 is 0 Å². The van der Waals surface area contributed by atoms with Crippen LogP contribution in [-0.2, 0) is 0 Å². The van der Waals surface area contributed by atoms with Crippen molar-refractivity contribution in [2.75, 3.05) is 13.1 Å². The zero-order chi connectivity index (χ0) is 11.5. The molecule has 1 aliphatic rings. The minimum atomic E-state index is 0.558. The molecule has 1 aromatic heterocycles. The average Bonchev–Trinajstić information content (AvgIpc) is 2.65. The molecule has 0 spiro atoms. The standard InChI is InChI=1S/C14H22N2/c1-11(2)10-16-9-5-8-14(16)13-7-4-6-12(3)15-13/h4,6-7,11,14H,5,8-10H2,1-3H3/t14-/m0/s1. The molecule has 1 aromatic rings. The smallest absolute Gasteiger partial charge is 0.0578 e. The van der Waals surface area contributed by atoms with Crippen molar-refractivity contribution in [2.24, 2.45) is 5.92 Å². The zero-order valence-corrected chi connectivity index (χ0v) is 10.6. The van der Waals surface area contributed by atoms with E-state index in [1.807, 2.05) is 0 Å². The van der Waals surface area contributed by atoms with Crippen molar-refractivity contribution in [3.63, 3.8) is 0 Å². The molecule has 0 bridgehead atoms. The number of nitrogens with zero attached hydrogens (tertiary/aromatic N) is 2. The zero-order valence-electron chi connectivity index (χ0n) is 10.6. The third-order valence-electron chi connectivity index (χ3n) is 3.21. The Kier molecular flexibility index (Phi) is 3.59. The summed E-state index contributed by atoms with van der Waals surface area (Å²) in [5.74, 6) is 0.741. The minimum absolute atomic E-state index is 0.558. The van der Waals surface area contributed by atoms with E-state index in [9.17, 15) is 0 Å². The Labute approximate surface area is 98.7 Å². The summed E-state index contributed by atoms with van der Waals surface area (Å²) in [5, 5.41) is 0. The van der Waals surface area contributed by atoms with Gasteiger partial charge < -0.3 is 0 Å². The van der Waals surface area contributed by atoms with Gasteiger partial charge in [0.15, 0.2) is 0 Å². The topological polar surface area (TPSA) is 16.1 Å². The molecule has 0 unspecified atom stereocenters. The number of rotatable bonds is 3. The summed E-state index contributed by atoms with van der Waals surface area (Å²) in [7, 11) is 0. The van der Waals surface area contributed by atoms with Crippen LogP contribution in [0.5, 0.6) is 0 Å². The third-order valence-corrected chi connectivity index (χ3v) is 3.21. The highest BCUT2D eigenvalue weighted by Gasteiger charge is 2.27. The van der Waals surface area contributed by atoms with Crippen LogP contribution in [0, 0.1) is 12.8 Å². The molecule has 1 atom stereocenters. The maximum Gasteiger partial charge on any atom is 0.0578 e. The summed E-state index contributed by atoms with van der Waals surface area (Å²) in [6.07, 6.45) is 2.58. The van der Waals surface area contributed by atoms with Gasteiger partial charge in [0, 0.05) is 12.2 Å². The van der Waals surface area contributed by atoms with Gasteiger partial charge in [-0.05, 0) is 44.4 Å². The summed E-state index contributed by atoms with van der Waals surface area (Å²) in [5.41, 5.74) is 2.40. The molecule has 16 heavy (non-hydrogen) atoms. The van der Waals surface area contributed by atoms with E-state index in [0.29, 0.717) is 6.04 Å². The van der Waals surface area contributed by atoms with Crippen LogP contribution in [0.2, 0.25) is 0 Å². The van der Waals surface area contributed by atoms with E-state index in [1.54, 1.807) is 0 Å². The predicted octanol–water partition coefficient (Wildman–Crippen LogP) is 3.18. The molecule has 1 saturated heterocycles. The molecule has 0 aliphatic carbocycles. The molecular weight excluding hydrogens is 196 g/mol. The van der Waals surface area contributed by atoms with Crippen molar-refractivity contribution in [2.45, 2.75) is 39.7 Å². The van der Waals surface area contributed by atoms with E-state index in [4.69, 9.17) is 0 Å². The summed E-state index contributed by atoms with van der Waals surface area (Å²) < 4.78 is 0. The number of aryl methyl sites for hydroxylation is 1. The van der Waals surface area contributed by atoms with Crippen LogP contribution in [0.1, 0.15) is 44.1 Å². The van der Waals surface area contributed by atoms with Gasteiger partial charge in [-0.1, -0.05) is 19.9 Å². The van der Waals surface area contributed by atoms with Gasteiger partial charge in [-0.15, -0.1) is 0 Å². The summed E-state index contributed by atoms with van der Waals surface area (Å²) in [4.78, 5) is 7.26. The Bertz CT molecular complexity index is 346. The summed E-state index contributed by atoms with van der Waals surface area (Å²) in [6, 6.07) is 6.94. The van der Waals surface area contributed by atoms with Crippen molar-refractivity contribution in [3.8, 4) is 0 Å². The Morgan fingerprint density at radius 2 is 2.25 bits per heavy atom. The van der Waals surface area contributed by atoms with Crippen molar-refractivity contribution < 1.29 is 0 Å². The highest BCUT2D eigenvalue weighted by Crippen LogP contribution is 2.31. The number of likely N-dealkylation sites (tertiary alicyclic amines) is 1. The molecule has 2 nitrogen and oxygen atoms in total. The monoisotopic (exact) mass is 218 g/mol. The molecule has 0 amide bonds. The molecule has 2 heteroatoms. The van der Waals surface area contributed by atoms with Crippen molar-refractivity contribution in [1.29, 1.82) is 0 Å². The highest BCUT2D eigenvalue weighted by atomic mass is 15.2. The van der Waals surface area contributed by atoms with Crippen LogP contribution in [0.4, 0.5) is 0 Å². The van der Waals surface area contributed by atoms with E-state index in [1.165, 1.54) is 31.6 Å². The third kappa shape index (κ3) is 2.62. The van der Waals surface area contributed by atoms with E-state index < -0.39 is 0 Å². The molecule has 2 rings (SSSR count). The first-order valence-corrected chi connectivity index (χ1v) is 6.34. The number of hydrogen-bond donors (Lipinski definition) is 0. The van der Waals surface area contributed by atoms with Crippen LogP contribution in [-0.4, -0.2) is 23.0 Å². The number of aromatic nitrogens is 1. The molecule has 2 heterocycles. The Balaban J connectivity index is 2.13. The molecular formula is C14H22N2. The van der Waals surface area contributed by atoms with Gasteiger partial charge in [0.1, 0.15) is 0 Å². The van der Waals surface area contributed by atoms with E-state index in [2.05, 4.69) is 48.9 Å². The maximum atomic E-state index is 4.67. The van der Waals surface area contributed by atoms with E-state index in [-0.39, 0.29) is 0 Å². The summed E-state index contributed by atoms with van der Waals surface area (Å²) >= 11 is 0. The second-order valence-electron chi connectivity index (χ2n) is 5.25. The molecule has 88 valence electrons. The van der Waals surface area contributed by atoms with Crippen molar-refractivity contribution >= 4 is 0 Å². The molecule has 1 fully saturated rings. The Morgan fingerprint density at radius 1 is 1.44 bits per heavy atom. The first kappa shape index (κ1) is 11.6. The molecule has 0 N–H and O–H groups in total. The summed E-state index contributed by atoms with van der Waals surface area (Å²) in [6.45, 7) is 9.09. The van der Waals surface area contributed by atoms with Crippen molar-refractivity contribution in [3.05, 3.63) is 29.6 Å². The fraction of sp³-hybridized carbons (Fsp3) is 0.643. The van der Waals surface area contributed by atoms with Crippen LogP contribution < -0.4 is 0 Å². The fourth-order valence-corrected chi connectivity index (χ4v) is 2.60. The quantitative estimate of drug-likeness (QED) is 0.774. The predicted molar refractivity (Wildman–Crippen MR) is 67.4 cm³/mol. The minimum Gasteiger partial charge on any atom is -0.295 e. The van der Waals surface area contributed by atoms with E-state index in [0.717, 1.165) is 11.6 Å². The molecule has 0 saturated carbocycles. The first-order chi connectivity index (χ1) is 7.66. The number of hydrogen-bond acceptors (Lipinski definition) is 2. The maximum absolute atomic E-state index is 4.67. The lowest BCUT2D eigenvalue weighted by atomic mass is 10.1. The Morgan fingerprint density at radius 3 is 2.94 bits per heavy atom. The van der Waals surface area contributed by atoms with Gasteiger partial charge in [0.25, 0.3) is 0 Å². The highest BCUT2D eigenvalue weighted by molar-refractivity contribution is 5.14. The van der Waals surface area contributed by atoms with Crippen LogP contribution >= 0.6 is 0 Å². The van der Waals surface area contributed by atoms with Gasteiger partial charge in [-0.3, -0.25) is 9.88 Å². The normalized spacial score (nSPS) is 21.9. The average molecular weight is 218 g/mol. The SMILES string of the molecule is Cc1cccc([C@@H]2CCCN2CC(C)C)n1. The fourth-order valence-electron chi connectivity index (χ4n) is 2.60.